The first-order valence-electron chi connectivity index (χ1n) is 11.4. The van der Waals surface area contributed by atoms with Gasteiger partial charge in [-0.2, -0.15) is 5.10 Å². The summed E-state index contributed by atoms with van der Waals surface area (Å²) in [5, 5.41) is 9.89. The molecule has 180 valence electrons. The highest BCUT2D eigenvalue weighted by Crippen LogP contribution is 2.30. The van der Waals surface area contributed by atoms with Gasteiger partial charge in [-0.15, -0.1) is 0 Å². The zero-order valence-electron chi connectivity index (χ0n) is 20.0. The molecule has 35 heavy (non-hydrogen) atoms. The second-order valence-electron chi connectivity index (χ2n) is 8.55. The quantitative estimate of drug-likeness (QED) is 0.486. The van der Waals surface area contributed by atoms with Crippen molar-refractivity contribution < 1.29 is 19.1 Å². The van der Waals surface area contributed by atoms with Crippen LogP contribution in [0.3, 0.4) is 0 Å². The number of ether oxygens (including phenoxy) is 2. The Morgan fingerprint density at radius 3 is 2.49 bits per heavy atom. The van der Waals surface area contributed by atoms with Crippen molar-refractivity contribution >= 4 is 23.3 Å². The monoisotopic (exact) mass is 472 g/mol. The Labute approximate surface area is 204 Å². The van der Waals surface area contributed by atoms with Gasteiger partial charge >= 0.3 is 0 Å². The van der Waals surface area contributed by atoms with E-state index in [1.165, 1.54) is 0 Å². The van der Waals surface area contributed by atoms with Gasteiger partial charge in [0.1, 0.15) is 11.9 Å². The predicted octanol–water partition coefficient (Wildman–Crippen LogP) is 3.83. The number of rotatable bonds is 8. The Kier molecular flexibility index (Phi) is 7.48. The molecule has 3 aromatic rings. The van der Waals surface area contributed by atoms with Gasteiger partial charge in [0, 0.05) is 54.7 Å². The Balaban J connectivity index is 1.53. The molecule has 1 aliphatic carbocycles. The van der Waals surface area contributed by atoms with Crippen LogP contribution in [-0.2, 0) is 16.6 Å². The van der Waals surface area contributed by atoms with Gasteiger partial charge in [-0.3, -0.25) is 14.3 Å². The molecule has 2 aromatic carbocycles. The molecule has 2 amide bonds. The summed E-state index contributed by atoms with van der Waals surface area (Å²) in [6, 6.07) is 14.3. The van der Waals surface area contributed by atoms with Crippen LogP contribution in [0, 0.1) is 17.8 Å². The smallest absolute Gasteiger partial charge is 0.257 e. The van der Waals surface area contributed by atoms with Crippen molar-refractivity contribution in [1.29, 1.82) is 0 Å². The number of nitrogens with one attached hydrogen (secondary N) is 2. The van der Waals surface area contributed by atoms with Crippen LogP contribution >= 0.6 is 0 Å². The zero-order valence-corrected chi connectivity index (χ0v) is 20.0. The largest absolute Gasteiger partial charge is 0.488 e. The molecule has 0 spiro atoms. The highest BCUT2D eigenvalue weighted by Gasteiger charge is 2.29. The van der Waals surface area contributed by atoms with E-state index in [1.54, 1.807) is 49.3 Å². The van der Waals surface area contributed by atoms with E-state index in [-0.39, 0.29) is 23.8 Å². The lowest BCUT2D eigenvalue weighted by atomic mass is 10.1. The van der Waals surface area contributed by atoms with Gasteiger partial charge in [0.2, 0.25) is 5.91 Å². The lowest BCUT2D eigenvalue weighted by molar-refractivity contribution is -0.117. The second kappa shape index (κ2) is 10.9. The molecule has 0 saturated heterocycles. The third-order valence-electron chi connectivity index (χ3n) is 5.31. The van der Waals surface area contributed by atoms with Crippen LogP contribution < -0.4 is 15.4 Å². The van der Waals surface area contributed by atoms with Gasteiger partial charge in [0.25, 0.3) is 5.91 Å². The van der Waals surface area contributed by atoms with Crippen LogP contribution in [0.4, 0.5) is 11.5 Å². The number of amides is 2. The van der Waals surface area contributed by atoms with Crippen molar-refractivity contribution in [3.63, 3.8) is 0 Å². The number of hydrogen-bond donors (Lipinski definition) is 2. The highest BCUT2D eigenvalue weighted by atomic mass is 16.5. The SMILES string of the molecule is COC[C@H](C)Oc1cc(C#Cc2ccc(NC(=O)C3CC3)cc2)cc(C(=O)Nc2ccn(C)n2)c1. The van der Waals surface area contributed by atoms with Crippen molar-refractivity contribution in [3.05, 3.63) is 71.4 Å². The van der Waals surface area contributed by atoms with Crippen molar-refractivity contribution in [2.75, 3.05) is 24.4 Å². The molecule has 0 radical (unpaired) electrons. The number of carbonyl (C=O) groups excluding carboxylic acids is 2. The predicted molar refractivity (Wildman–Crippen MR) is 133 cm³/mol. The van der Waals surface area contributed by atoms with Gasteiger partial charge in [-0.25, -0.2) is 0 Å². The van der Waals surface area contributed by atoms with Crippen molar-refractivity contribution in [3.8, 4) is 17.6 Å². The first-order valence-corrected chi connectivity index (χ1v) is 11.4. The number of hydrogen-bond acceptors (Lipinski definition) is 5. The molecular formula is C27H28N4O4. The average molecular weight is 473 g/mol. The Morgan fingerprint density at radius 1 is 1.09 bits per heavy atom. The zero-order chi connectivity index (χ0) is 24.8. The number of benzene rings is 2. The summed E-state index contributed by atoms with van der Waals surface area (Å²) in [5.41, 5.74) is 2.57. The fraction of sp³-hybridized carbons (Fsp3) is 0.296. The molecule has 4 rings (SSSR count). The molecule has 0 aliphatic heterocycles. The second-order valence-corrected chi connectivity index (χ2v) is 8.55. The summed E-state index contributed by atoms with van der Waals surface area (Å²) in [4.78, 5) is 24.8. The Hall–Kier alpha value is -4.09. The van der Waals surface area contributed by atoms with E-state index < -0.39 is 0 Å². The van der Waals surface area contributed by atoms with Gasteiger partial charge in [-0.05, 0) is 62.2 Å². The lowest BCUT2D eigenvalue weighted by Crippen LogP contribution is -2.19. The van der Waals surface area contributed by atoms with E-state index in [9.17, 15) is 9.59 Å². The van der Waals surface area contributed by atoms with E-state index in [2.05, 4.69) is 27.6 Å². The molecule has 1 saturated carbocycles. The normalized spacial score (nSPS) is 13.3. The third-order valence-corrected chi connectivity index (χ3v) is 5.31. The fourth-order valence-electron chi connectivity index (χ4n) is 3.41. The van der Waals surface area contributed by atoms with Crippen LogP contribution in [0.2, 0.25) is 0 Å². The van der Waals surface area contributed by atoms with Crippen LogP contribution in [0.25, 0.3) is 0 Å². The Morgan fingerprint density at radius 2 is 1.83 bits per heavy atom. The summed E-state index contributed by atoms with van der Waals surface area (Å²) in [5.74, 6) is 7.11. The minimum absolute atomic E-state index is 0.0693. The number of anilines is 2. The van der Waals surface area contributed by atoms with Crippen molar-refractivity contribution in [1.82, 2.24) is 9.78 Å². The first kappa shape index (κ1) is 24.0. The first-order chi connectivity index (χ1) is 16.9. The molecule has 1 heterocycles. The molecular weight excluding hydrogens is 444 g/mol. The van der Waals surface area contributed by atoms with E-state index in [1.807, 2.05) is 31.2 Å². The lowest BCUT2D eigenvalue weighted by Gasteiger charge is -2.15. The van der Waals surface area contributed by atoms with Gasteiger partial charge < -0.3 is 20.1 Å². The molecule has 0 bridgehead atoms. The molecule has 1 aromatic heterocycles. The standard InChI is InChI=1S/C27H28N4O4/c1-18(17-34-3)35-24-15-20(14-22(16-24)27(33)29-25-12-13-31(2)30-25)5-4-19-6-10-23(11-7-19)28-26(32)21-8-9-21/h6-7,10-16,18,21H,8-9,17H2,1-3H3,(H,28,32)(H,29,30,33)/t18-/m0/s1. The molecule has 1 atom stereocenters. The van der Waals surface area contributed by atoms with E-state index in [0.29, 0.717) is 29.3 Å². The molecule has 1 aliphatic rings. The fourth-order valence-corrected chi connectivity index (χ4v) is 3.41. The minimum atomic E-state index is -0.313. The van der Waals surface area contributed by atoms with Crippen molar-refractivity contribution in [2.45, 2.75) is 25.9 Å². The molecule has 1 fully saturated rings. The van der Waals surface area contributed by atoms with Gasteiger partial charge in [0.15, 0.2) is 5.82 Å². The van der Waals surface area contributed by atoms with Gasteiger partial charge in [-0.1, -0.05) is 11.8 Å². The third kappa shape index (κ3) is 6.95. The maximum atomic E-state index is 12.9. The summed E-state index contributed by atoms with van der Waals surface area (Å²) in [6.45, 7) is 2.30. The number of aromatic nitrogens is 2. The molecule has 0 unspecified atom stereocenters. The topological polar surface area (TPSA) is 94.5 Å². The molecule has 8 nitrogen and oxygen atoms in total. The van der Waals surface area contributed by atoms with Crippen LogP contribution in [0.1, 0.15) is 41.3 Å². The van der Waals surface area contributed by atoms with Crippen LogP contribution in [-0.4, -0.2) is 41.4 Å². The van der Waals surface area contributed by atoms with Crippen LogP contribution in [0.15, 0.2) is 54.7 Å². The molecule has 2 N–H and O–H groups in total. The Bertz CT molecular complexity index is 1270. The summed E-state index contributed by atoms with van der Waals surface area (Å²) < 4.78 is 12.7. The van der Waals surface area contributed by atoms with E-state index >= 15 is 0 Å². The maximum absolute atomic E-state index is 12.9. The van der Waals surface area contributed by atoms with Crippen molar-refractivity contribution in [2.24, 2.45) is 13.0 Å². The number of methoxy groups -OCH3 is 1. The minimum Gasteiger partial charge on any atom is -0.488 e. The summed E-state index contributed by atoms with van der Waals surface area (Å²) >= 11 is 0. The highest BCUT2D eigenvalue weighted by molar-refractivity contribution is 6.04. The summed E-state index contributed by atoms with van der Waals surface area (Å²) in [6.07, 6.45) is 3.48. The van der Waals surface area contributed by atoms with E-state index in [4.69, 9.17) is 9.47 Å². The number of aryl methyl sites for hydroxylation is 1. The van der Waals surface area contributed by atoms with Gasteiger partial charge in [0.05, 0.1) is 6.61 Å². The summed E-state index contributed by atoms with van der Waals surface area (Å²) in [7, 11) is 3.39. The number of nitrogens with zero attached hydrogens (tertiary/aromatic N) is 2. The molecule has 8 heteroatoms. The maximum Gasteiger partial charge on any atom is 0.257 e. The van der Waals surface area contributed by atoms with Crippen LogP contribution in [0.5, 0.6) is 5.75 Å². The average Bonchev–Trinajstić information content (AvgIpc) is 3.61. The number of carbonyl (C=O) groups is 2. The van der Waals surface area contributed by atoms with E-state index in [0.717, 1.165) is 24.1 Å².